The van der Waals surface area contributed by atoms with Crippen molar-refractivity contribution in [3.8, 4) is 11.3 Å². The van der Waals surface area contributed by atoms with E-state index in [1.165, 1.54) is 0 Å². The number of pyridine rings is 1. The van der Waals surface area contributed by atoms with Gasteiger partial charge in [-0.15, -0.1) is 0 Å². The van der Waals surface area contributed by atoms with E-state index in [2.05, 4.69) is 9.88 Å². The first-order valence-corrected chi connectivity index (χ1v) is 14.4. The average Bonchev–Trinajstić information content (AvgIpc) is 2.92. The van der Waals surface area contributed by atoms with Crippen molar-refractivity contribution in [1.29, 1.82) is 0 Å². The van der Waals surface area contributed by atoms with Crippen molar-refractivity contribution in [3.05, 3.63) is 46.9 Å². The molecule has 1 aromatic carbocycles. The lowest BCUT2D eigenvalue weighted by molar-refractivity contribution is 0.127. The van der Waals surface area contributed by atoms with Gasteiger partial charge in [-0.1, -0.05) is 26.0 Å². The molecule has 0 saturated carbocycles. The van der Waals surface area contributed by atoms with E-state index in [0.717, 1.165) is 25.1 Å². The van der Waals surface area contributed by atoms with Crippen molar-refractivity contribution in [1.82, 2.24) is 19.4 Å². The second-order valence-corrected chi connectivity index (χ2v) is 11.3. The van der Waals surface area contributed by atoms with Crippen LogP contribution in [0.5, 0.6) is 0 Å². The highest BCUT2D eigenvalue weighted by Gasteiger charge is 2.22. The average molecular weight is 530 g/mol. The molecule has 4 rings (SSSR count). The zero-order valence-electron chi connectivity index (χ0n) is 21.5. The predicted octanol–water partition coefficient (Wildman–Crippen LogP) is 1.79. The van der Waals surface area contributed by atoms with Crippen LogP contribution in [0.4, 0.5) is 5.82 Å². The van der Waals surface area contributed by atoms with E-state index in [9.17, 15) is 18.3 Å². The van der Waals surface area contributed by atoms with Gasteiger partial charge in [-0.2, -0.15) is 0 Å². The van der Waals surface area contributed by atoms with Gasteiger partial charge >= 0.3 is 0 Å². The molecule has 1 N–H and O–H groups in total. The van der Waals surface area contributed by atoms with Crippen LogP contribution in [0, 0.1) is 0 Å². The Kier molecular flexibility index (Phi) is 8.91. The number of hydrogen-bond acceptors (Lipinski definition) is 9. The molecular formula is C26H35N5O5S. The molecule has 0 amide bonds. The van der Waals surface area contributed by atoms with Crippen LogP contribution in [0.15, 0.2) is 46.2 Å². The molecule has 0 bridgehead atoms. The number of fused-ring (bicyclic) bond motifs is 1. The third-order valence-electron chi connectivity index (χ3n) is 6.60. The number of aliphatic hydroxyl groups is 1. The number of ether oxygens (including phenoxy) is 1. The van der Waals surface area contributed by atoms with Crippen molar-refractivity contribution >= 4 is 26.7 Å². The van der Waals surface area contributed by atoms with Crippen LogP contribution in [0.1, 0.15) is 20.3 Å². The Morgan fingerprint density at radius 3 is 2.41 bits per heavy atom. The van der Waals surface area contributed by atoms with E-state index in [4.69, 9.17) is 9.72 Å². The second-order valence-electron chi connectivity index (χ2n) is 9.04. The summed E-state index contributed by atoms with van der Waals surface area (Å²) in [4.78, 5) is 27.4. The Bertz CT molecular complexity index is 1370. The van der Waals surface area contributed by atoms with Crippen LogP contribution in [0.3, 0.4) is 0 Å². The summed E-state index contributed by atoms with van der Waals surface area (Å²) in [7, 11) is -3.29. The fraction of sp³-hybridized carbons (Fsp3) is 0.500. The topological polar surface area (TPSA) is 118 Å². The van der Waals surface area contributed by atoms with Gasteiger partial charge in [-0.05, 0) is 24.6 Å². The highest BCUT2D eigenvalue weighted by molar-refractivity contribution is 7.91. The van der Waals surface area contributed by atoms with Crippen molar-refractivity contribution in [2.24, 2.45) is 0 Å². The fourth-order valence-electron chi connectivity index (χ4n) is 4.44. The molecule has 1 aliphatic rings. The summed E-state index contributed by atoms with van der Waals surface area (Å²) in [6, 6.07) is 8.47. The Morgan fingerprint density at radius 2 is 1.76 bits per heavy atom. The normalized spacial score (nSPS) is 14.9. The molecule has 0 unspecified atom stereocenters. The molecule has 11 heteroatoms. The van der Waals surface area contributed by atoms with Gasteiger partial charge < -0.3 is 19.3 Å². The minimum absolute atomic E-state index is 0.0391. The van der Waals surface area contributed by atoms with Gasteiger partial charge in [0.15, 0.2) is 15.7 Å². The summed E-state index contributed by atoms with van der Waals surface area (Å²) >= 11 is 0. The number of rotatable bonds is 11. The molecule has 0 spiro atoms. The van der Waals surface area contributed by atoms with Gasteiger partial charge in [0.2, 0.25) is 0 Å². The summed E-state index contributed by atoms with van der Waals surface area (Å²) in [5.41, 5.74) is 2.47. The molecular weight excluding hydrogens is 494 g/mol. The molecule has 0 aliphatic carbocycles. The summed E-state index contributed by atoms with van der Waals surface area (Å²) in [6.07, 6.45) is 2.56. The number of aliphatic hydroxyl groups excluding tert-OH is 1. The van der Waals surface area contributed by atoms with Crippen LogP contribution in [-0.2, 0) is 21.1 Å². The van der Waals surface area contributed by atoms with Crippen LogP contribution < -0.4 is 10.5 Å². The van der Waals surface area contributed by atoms with Gasteiger partial charge in [0.25, 0.3) is 5.56 Å². The number of nitrogens with zero attached hydrogens (tertiary/aromatic N) is 5. The van der Waals surface area contributed by atoms with E-state index in [1.807, 2.05) is 17.9 Å². The lowest BCUT2D eigenvalue weighted by Gasteiger charge is -2.34. The first-order chi connectivity index (χ1) is 17.9. The van der Waals surface area contributed by atoms with Gasteiger partial charge in [-0.25, -0.2) is 13.4 Å². The first kappa shape index (κ1) is 27.2. The van der Waals surface area contributed by atoms with Gasteiger partial charge in [-0.3, -0.25) is 14.7 Å². The Balaban J connectivity index is 1.71. The first-order valence-electron chi connectivity index (χ1n) is 12.8. The van der Waals surface area contributed by atoms with Crippen molar-refractivity contribution < 1.29 is 18.3 Å². The molecule has 1 saturated heterocycles. The van der Waals surface area contributed by atoms with Gasteiger partial charge in [0, 0.05) is 51.4 Å². The Morgan fingerprint density at radius 1 is 1.03 bits per heavy atom. The minimum atomic E-state index is -3.29. The molecule has 0 radical (unpaired) electrons. The highest BCUT2D eigenvalue weighted by Crippen LogP contribution is 2.24. The Hall–Kier alpha value is -2.86. The van der Waals surface area contributed by atoms with E-state index in [-0.39, 0.29) is 22.8 Å². The summed E-state index contributed by atoms with van der Waals surface area (Å²) in [5, 5.41) is 9.22. The molecule has 3 aromatic rings. The third-order valence-corrected chi connectivity index (χ3v) is 8.35. The number of β-amino-alcohol motifs (C(OH)–C–C–N with tert-alkyl or cyclic N) is 1. The van der Waals surface area contributed by atoms with Crippen molar-refractivity contribution in [2.45, 2.75) is 31.7 Å². The molecule has 2 aromatic heterocycles. The quantitative estimate of drug-likeness (QED) is 0.371. The zero-order chi connectivity index (χ0) is 26.4. The van der Waals surface area contributed by atoms with Gasteiger partial charge in [0.1, 0.15) is 5.52 Å². The SMILES string of the molecule is CCCOCCn1c(=O)c(N2CCN(CCO)CC2)nc2cnc(-c3ccc(S(=O)(=O)CC)cc3)cc21. The number of anilines is 1. The molecule has 1 aliphatic heterocycles. The largest absolute Gasteiger partial charge is 0.395 e. The maximum Gasteiger partial charge on any atom is 0.294 e. The number of aromatic nitrogens is 3. The fourth-order valence-corrected chi connectivity index (χ4v) is 5.33. The molecule has 37 heavy (non-hydrogen) atoms. The number of sulfone groups is 1. The highest BCUT2D eigenvalue weighted by atomic mass is 32.2. The monoisotopic (exact) mass is 529 g/mol. The van der Waals surface area contributed by atoms with E-state index in [1.54, 1.807) is 42.0 Å². The van der Waals surface area contributed by atoms with E-state index >= 15 is 0 Å². The molecule has 200 valence electrons. The summed E-state index contributed by atoms with van der Waals surface area (Å²) in [6.45, 7) is 8.60. The Labute approximate surface area is 217 Å². The standard InChI is InChI=1S/C26H35N5O5S/c1-3-16-36-17-14-31-24-18-22(20-5-7-21(8-6-20)37(34,35)4-2)27-19-23(24)28-25(26(31)33)30-11-9-29(10-12-30)13-15-32/h5-8,18-19,32H,3-4,9-17H2,1-2H3. The number of benzene rings is 1. The second kappa shape index (κ2) is 12.1. The summed E-state index contributed by atoms with van der Waals surface area (Å²) in [5.74, 6) is 0.438. The smallest absolute Gasteiger partial charge is 0.294 e. The van der Waals surface area contributed by atoms with Crippen molar-refractivity contribution in [2.75, 3.05) is 63.2 Å². The molecule has 1 fully saturated rings. The maximum atomic E-state index is 13.7. The summed E-state index contributed by atoms with van der Waals surface area (Å²) < 4.78 is 31.7. The van der Waals surface area contributed by atoms with Crippen LogP contribution in [-0.4, -0.2) is 91.3 Å². The van der Waals surface area contributed by atoms with E-state index in [0.29, 0.717) is 61.9 Å². The third kappa shape index (κ3) is 6.18. The van der Waals surface area contributed by atoms with Crippen molar-refractivity contribution in [3.63, 3.8) is 0 Å². The maximum absolute atomic E-state index is 13.7. The molecule has 10 nitrogen and oxygen atoms in total. The van der Waals surface area contributed by atoms with Gasteiger partial charge in [0.05, 0.1) is 41.3 Å². The number of piperazine rings is 1. The van der Waals surface area contributed by atoms with Crippen LogP contribution in [0.2, 0.25) is 0 Å². The minimum Gasteiger partial charge on any atom is -0.395 e. The lowest BCUT2D eigenvalue weighted by Crippen LogP contribution is -2.49. The van der Waals surface area contributed by atoms with Crippen LogP contribution >= 0.6 is 0 Å². The molecule has 0 atom stereocenters. The molecule has 3 heterocycles. The lowest BCUT2D eigenvalue weighted by atomic mass is 10.1. The van der Waals surface area contributed by atoms with E-state index < -0.39 is 9.84 Å². The zero-order valence-corrected chi connectivity index (χ0v) is 22.3. The predicted molar refractivity (Wildman–Crippen MR) is 144 cm³/mol. The van der Waals surface area contributed by atoms with Crippen LogP contribution in [0.25, 0.3) is 22.3 Å². The number of hydrogen-bond donors (Lipinski definition) is 1.